The van der Waals surface area contributed by atoms with Gasteiger partial charge in [-0.1, -0.05) is 25.5 Å². The number of rotatable bonds is 4. The van der Waals surface area contributed by atoms with Gasteiger partial charge in [0.25, 0.3) is 5.91 Å². The van der Waals surface area contributed by atoms with Crippen molar-refractivity contribution in [2.24, 2.45) is 0 Å². The highest BCUT2D eigenvalue weighted by molar-refractivity contribution is 5.99. The number of amides is 1. The first-order chi connectivity index (χ1) is 9.72. The number of unbranched alkanes of at least 4 members (excludes halogenated alkanes) is 1. The third-order valence-corrected chi connectivity index (χ3v) is 3.89. The molecular formula is C16H25N3O. The first-order valence-corrected chi connectivity index (χ1v) is 7.58. The lowest BCUT2D eigenvalue weighted by atomic mass is 10.1. The highest BCUT2D eigenvalue weighted by Crippen LogP contribution is 2.15. The quantitative estimate of drug-likeness (QED) is 0.857. The third-order valence-electron chi connectivity index (χ3n) is 3.89. The van der Waals surface area contributed by atoms with E-state index in [4.69, 9.17) is 5.73 Å². The number of benzene rings is 1. The molecule has 1 aliphatic heterocycles. The number of carbonyl (C=O) groups is 1. The van der Waals surface area contributed by atoms with E-state index in [1.807, 2.05) is 23.1 Å². The summed E-state index contributed by atoms with van der Waals surface area (Å²) >= 11 is 0. The molecule has 0 aliphatic carbocycles. The van der Waals surface area contributed by atoms with Gasteiger partial charge >= 0.3 is 0 Å². The van der Waals surface area contributed by atoms with Crippen molar-refractivity contribution in [2.45, 2.75) is 26.2 Å². The predicted octanol–water partition coefficient (Wildman–Crippen LogP) is 2.22. The van der Waals surface area contributed by atoms with Gasteiger partial charge in [-0.05, 0) is 38.1 Å². The van der Waals surface area contributed by atoms with E-state index in [1.54, 1.807) is 6.07 Å². The van der Waals surface area contributed by atoms with Crippen LogP contribution in [0.3, 0.4) is 0 Å². The molecule has 1 aromatic carbocycles. The van der Waals surface area contributed by atoms with Crippen molar-refractivity contribution in [3.63, 3.8) is 0 Å². The van der Waals surface area contributed by atoms with E-state index in [-0.39, 0.29) is 5.91 Å². The Labute approximate surface area is 121 Å². The van der Waals surface area contributed by atoms with Crippen molar-refractivity contribution in [3.05, 3.63) is 29.8 Å². The summed E-state index contributed by atoms with van der Waals surface area (Å²) in [4.78, 5) is 16.9. The maximum Gasteiger partial charge on any atom is 0.255 e. The minimum atomic E-state index is 0.0699. The summed E-state index contributed by atoms with van der Waals surface area (Å²) in [6, 6.07) is 7.34. The van der Waals surface area contributed by atoms with Crippen LogP contribution in [0.4, 0.5) is 5.69 Å². The first kappa shape index (κ1) is 14.9. The summed E-state index contributed by atoms with van der Waals surface area (Å²) in [6.07, 6.45) is 3.50. The number of nitrogen functional groups attached to an aromatic ring is 1. The van der Waals surface area contributed by atoms with E-state index in [9.17, 15) is 4.79 Å². The van der Waals surface area contributed by atoms with Crippen LogP contribution in [0.1, 0.15) is 36.5 Å². The second-order valence-electron chi connectivity index (χ2n) is 5.43. The smallest absolute Gasteiger partial charge is 0.255 e. The van der Waals surface area contributed by atoms with E-state index >= 15 is 0 Å². The van der Waals surface area contributed by atoms with Crippen molar-refractivity contribution in [1.82, 2.24) is 9.80 Å². The second-order valence-corrected chi connectivity index (χ2v) is 5.43. The Bertz CT molecular complexity index is 447. The van der Waals surface area contributed by atoms with Crippen LogP contribution in [0.15, 0.2) is 24.3 Å². The molecule has 0 saturated carbocycles. The number of carbonyl (C=O) groups excluding carboxylic acids is 1. The second kappa shape index (κ2) is 7.29. The summed E-state index contributed by atoms with van der Waals surface area (Å²) in [5.41, 5.74) is 7.11. The predicted molar refractivity (Wildman–Crippen MR) is 82.7 cm³/mol. The Morgan fingerprint density at radius 1 is 1.20 bits per heavy atom. The molecule has 2 N–H and O–H groups in total. The number of nitrogens with two attached hydrogens (primary N) is 1. The van der Waals surface area contributed by atoms with Gasteiger partial charge in [-0.15, -0.1) is 0 Å². The standard InChI is InChI=1S/C16H25N3O/c1-2-3-9-18-10-6-11-19(13-12-18)16(20)14-7-4-5-8-15(14)17/h4-5,7-8H,2-3,6,9-13,17H2,1H3. The molecule has 1 amide bonds. The maximum atomic E-state index is 12.5. The molecule has 1 aliphatic rings. The highest BCUT2D eigenvalue weighted by atomic mass is 16.2. The van der Waals surface area contributed by atoms with Gasteiger partial charge in [0.2, 0.25) is 0 Å². The third kappa shape index (κ3) is 3.73. The molecule has 0 unspecified atom stereocenters. The van der Waals surface area contributed by atoms with Crippen molar-refractivity contribution >= 4 is 11.6 Å². The normalized spacial score (nSPS) is 16.9. The Hall–Kier alpha value is -1.55. The Balaban J connectivity index is 1.96. The van der Waals surface area contributed by atoms with Crippen LogP contribution in [-0.2, 0) is 0 Å². The van der Waals surface area contributed by atoms with Crippen molar-refractivity contribution in [1.29, 1.82) is 0 Å². The number of hydrogen-bond acceptors (Lipinski definition) is 3. The molecule has 20 heavy (non-hydrogen) atoms. The maximum absolute atomic E-state index is 12.5. The molecule has 110 valence electrons. The van der Waals surface area contributed by atoms with Crippen molar-refractivity contribution in [2.75, 3.05) is 38.5 Å². The molecule has 4 nitrogen and oxygen atoms in total. The fourth-order valence-corrected chi connectivity index (χ4v) is 2.64. The van der Waals surface area contributed by atoms with Crippen LogP contribution in [0.2, 0.25) is 0 Å². The molecular weight excluding hydrogens is 250 g/mol. The molecule has 0 spiro atoms. The first-order valence-electron chi connectivity index (χ1n) is 7.58. The van der Waals surface area contributed by atoms with Crippen LogP contribution in [0.25, 0.3) is 0 Å². The van der Waals surface area contributed by atoms with Gasteiger partial charge in [0.05, 0.1) is 5.56 Å². The summed E-state index contributed by atoms with van der Waals surface area (Å²) in [5, 5.41) is 0. The van der Waals surface area contributed by atoms with Gasteiger partial charge in [-0.2, -0.15) is 0 Å². The fraction of sp³-hybridized carbons (Fsp3) is 0.562. The van der Waals surface area contributed by atoms with E-state index in [0.29, 0.717) is 11.3 Å². The van der Waals surface area contributed by atoms with Crippen LogP contribution in [0.5, 0.6) is 0 Å². The summed E-state index contributed by atoms with van der Waals surface area (Å²) in [7, 11) is 0. The minimum absolute atomic E-state index is 0.0699. The van der Waals surface area contributed by atoms with Crippen molar-refractivity contribution in [3.8, 4) is 0 Å². The molecule has 2 rings (SSSR count). The van der Waals surface area contributed by atoms with Crippen LogP contribution >= 0.6 is 0 Å². The van der Waals surface area contributed by atoms with Crippen molar-refractivity contribution < 1.29 is 4.79 Å². The topological polar surface area (TPSA) is 49.6 Å². The molecule has 1 saturated heterocycles. The average molecular weight is 275 g/mol. The van der Waals surface area contributed by atoms with E-state index in [2.05, 4.69) is 11.8 Å². The molecule has 0 atom stereocenters. The summed E-state index contributed by atoms with van der Waals surface area (Å²) in [5.74, 6) is 0.0699. The van der Waals surface area contributed by atoms with Crippen LogP contribution in [-0.4, -0.2) is 48.4 Å². The SMILES string of the molecule is CCCCN1CCCN(C(=O)c2ccccc2N)CC1. The van der Waals surface area contributed by atoms with Gasteiger partial charge in [-0.3, -0.25) is 4.79 Å². The zero-order chi connectivity index (χ0) is 14.4. The summed E-state index contributed by atoms with van der Waals surface area (Å²) in [6.45, 7) is 7.05. The highest BCUT2D eigenvalue weighted by Gasteiger charge is 2.21. The Morgan fingerprint density at radius 2 is 2.00 bits per heavy atom. The lowest BCUT2D eigenvalue weighted by molar-refractivity contribution is 0.0762. The van der Waals surface area contributed by atoms with E-state index in [0.717, 1.165) is 39.1 Å². The van der Waals surface area contributed by atoms with Gasteiger partial charge < -0.3 is 15.5 Å². The van der Waals surface area contributed by atoms with Gasteiger partial charge in [0.1, 0.15) is 0 Å². The van der Waals surface area contributed by atoms with E-state index < -0.39 is 0 Å². The molecule has 1 aromatic rings. The number of anilines is 1. The number of hydrogen-bond donors (Lipinski definition) is 1. The zero-order valence-corrected chi connectivity index (χ0v) is 12.3. The largest absolute Gasteiger partial charge is 0.398 e. The van der Waals surface area contributed by atoms with Gasteiger partial charge in [-0.25, -0.2) is 0 Å². The molecule has 1 heterocycles. The Kier molecular flexibility index (Phi) is 5.41. The molecule has 4 heteroatoms. The fourth-order valence-electron chi connectivity index (χ4n) is 2.64. The van der Waals surface area contributed by atoms with Crippen LogP contribution in [0, 0.1) is 0 Å². The number of nitrogens with zero attached hydrogens (tertiary/aromatic N) is 2. The molecule has 0 bridgehead atoms. The summed E-state index contributed by atoms with van der Waals surface area (Å²) < 4.78 is 0. The molecule has 1 fully saturated rings. The molecule has 0 radical (unpaired) electrons. The van der Waals surface area contributed by atoms with E-state index in [1.165, 1.54) is 12.8 Å². The number of para-hydroxylation sites is 1. The van der Waals surface area contributed by atoms with Gasteiger partial charge in [0, 0.05) is 25.3 Å². The monoisotopic (exact) mass is 275 g/mol. The minimum Gasteiger partial charge on any atom is -0.398 e. The Morgan fingerprint density at radius 3 is 2.75 bits per heavy atom. The van der Waals surface area contributed by atoms with Crippen LogP contribution < -0.4 is 5.73 Å². The lowest BCUT2D eigenvalue weighted by Gasteiger charge is -2.22. The molecule has 0 aromatic heterocycles. The average Bonchev–Trinajstić information content (AvgIpc) is 2.70. The lowest BCUT2D eigenvalue weighted by Crippen LogP contribution is -2.35. The van der Waals surface area contributed by atoms with Gasteiger partial charge in [0.15, 0.2) is 0 Å². The zero-order valence-electron chi connectivity index (χ0n) is 12.3.